The zero-order valence-corrected chi connectivity index (χ0v) is 10.2. The molecule has 15 heavy (non-hydrogen) atoms. The number of nitrogens with two attached hydrogens (primary N) is 1. The Bertz CT molecular complexity index is 378. The van der Waals surface area contributed by atoms with Crippen LogP contribution in [0.3, 0.4) is 0 Å². The summed E-state index contributed by atoms with van der Waals surface area (Å²) in [4.78, 5) is 0. The quantitative estimate of drug-likeness (QED) is 0.772. The van der Waals surface area contributed by atoms with Crippen LogP contribution >= 0.6 is 11.6 Å². The van der Waals surface area contributed by atoms with Gasteiger partial charge in [0.1, 0.15) is 0 Å². The van der Waals surface area contributed by atoms with Gasteiger partial charge < -0.3 is 5.73 Å². The number of halogens is 1. The summed E-state index contributed by atoms with van der Waals surface area (Å²) < 4.78 is 0. The van der Waals surface area contributed by atoms with E-state index < -0.39 is 0 Å². The molecule has 0 unspecified atom stereocenters. The molecule has 0 amide bonds. The molecular formula is C13H18ClN. The molecule has 0 aliphatic heterocycles. The molecule has 1 aromatic rings. The lowest BCUT2D eigenvalue weighted by Crippen LogP contribution is -2.33. The van der Waals surface area contributed by atoms with Gasteiger partial charge in [0.25, 0.3) is 0 Å². The van der Waals surface area contributed by atoms with Crippen LogP contribution in [0.15, 0.2) is 12.1 Å². The highest BCUT2D eigenvalue weighted by Gasteiger charge is 2.32. The number of benzene rings is 1. The van der Waals surface area contributed by atoms with Crippen molar-refractivity contribution in [2.24, 2.45) is 5.73 Å². The molecule has 2 rings (SSSR count). The largest absolute Gasteiger partial charge is 0.321 e. The van der Waals surface area contributed by atoms with Gasteiger partial charge in [-0.05, 0) is 49.4 Å². The van der Waals surface area contributed by atoms with Crippen molar-refractivity contribution in [1.82, 2.24) is 0 Å². The first-order valence-corrected chi connectivity index (χ1v) is 5.97. The second-order valence-corrected chi connectivity index (χ2v) is 5.19. The molecule has 0 saturated heterocycles. The van der Waals surface area contributed by atoms with E-state index in [9.17, 15) is 0 Å². The Kier molecular flexibility index (Phi) is 2.78. The average Bonchev–Trinajstić information content (AvgIpc) is 2.60. The summed E-state index contributed by atoms with van der Waals surface area (Å²) in [6.07, 6.45) is 4.66. The fourth-order valence-corrected chi connectivity index (χ4v) is 2.80. The van der Waals surface area contributed by atoms with Gasteiger partial charge in [0, 0.05) is 10.6 Å². The molecule has 1 aliphatic rings. The number of hydrogen-bond donors (Lipinski definition) is 1. The van der Waals surface area contributed by atoms with E-state index in [1.807, 2.05) is 6.92 Å². The minimum absolute atomic E-state index is 0.124. The Hall–Kier alpha value is -0.530. The summed E-state index contributed by atoms with van der Waals surface area (Å²) in [6.45, 7) is 4.17. The van der Waals surface area contributed by atoms with Gasteiger partial charge in [0.05, 0.1) is 0 Å². The maximum atomic E-state index is 6.44. The van der Waals surface area contributed by atoms with Crippen LogP contribution in [0.2, 0.25) is 5.02 Å². The van der Waals surface area contributed by atoms with Gasteiger partial charge >= 0.3 is 0 Å². The van der Waals surface area contributed by atoms with E-state index in [2.05, 4.69) is 19.1 Å². The molecule has 82 valence electrons. The number of aryl methyl sites for hydroxylation is 2. The normalized spacial score (nSPS) is 19.5. The molecular weight excluding hydrogens is 206 g/mol. The Labute approximate surface area is 96.6 Å². The van der Waals surface area contributed by atoms with E-state index in [-0.39, 0.29) is 5.54 Å². The van der Waals surface area contributed by atoms with E-state index >= 15 is 0 Å². The summed E-state index contributed by atoms with van der Waals surface area (Å²) in [5.41, 5.74) is 9.98. The Morgan fingerprint density at radius 3 is 2.33 bits per heavy atom. The summed E-state index contributed by atoms with van der Waals surface area (Å²) in [5, 5.41) is 0.840. The highest BCUT2D eigenvalue weighted by molar-refractivity contribution is 6.31. The van der Waals surface area contributed by atoms with Gasteiger partial charge in [-0.2, -0.15) is 0 Å². The third-order valence-electron chi connectivity index (χ3n) is 3.54. The van der Waals surface area contributed by atoms with Crippen molar-refractivity contribution in [3.05, 3.63) is 33.8 Å². The van der Waals surface area contributed by atoms with Gasteiger partial charge in [0.2, 0.25) is 0 Å². The molecule has 0 bridgehead atoms. The van der Waals surface area contributed by atoms with Gasteiger partial charge in [-0.1, -0.05) is 30.5 Å². The minimum atomic E-state index is -0.124. The van der Waals surface area contributed by atoms with E-state index in [0.717, 1.165) is 23.4 Å². The van der Waals surface area contributed by atoms with Crippen LogP contribution in [0.5, 0.6) is 0 Å². The molecule has 2 N–H and O–H groups in total. The molecule has 1 nitrogen and oxygen atoms in total. The number of hydrogen-bond acceptors (Lipinski definition) is 1. The van der Waals surface area contributed by atoms with Crippen molar-refractivity contribution < 1.29 is 0 Å². The third-order valence-corrected chi connectivity index (χ3v) is 3.95. The van der Waals surface area contributed by atoms with Gasteiger partial charge in [-0.3, -0.25) is 0 Å². The van der Waals surface area contributed by atoms with Crippen LogP contribution in [0.1, 0.15) is 42.4 Å². The summed E-state index contributed by atoms with van der Waals surface area (Å²) in [7, 11) is 0. The van der Waals surface area contributed by atoms with E-state index in [4.69, 9.17) is 17.3 Å². The lowest BCUT2D eigenvalue weighted by Gasteiger charge is -2.26. The van der Waals surface area contributed by atoms with Crippen molar-refractivity contribution >= 4 is 11.6 Å². The zero-order chi connectivity index (χ0) is 11.1. The van der Waals surface area contributed by atoms with Gasteiger partial charge in [0.15, 0.2) is 0 Å². The average molecular weight is 224 g/mol. The first kappa shape index (κ1) is 11.0. The molecule has 2 heteroatoms. The topological polar surface area (TPSA) is 26.0 Å². The van der Waals surface area contributed by atoms with Gasteiger partial charge in [-0.15, -0.1) is 0 Å². The predicted molar refractivity (Wildman–Crippen MR) is 65.3 cm³/mol. The fourth-order valence-electron chi connectivity index (χ4n) is 2.64. The van der Waals surface area contributed by atoms with Crippen molar-refractivity contribution in [2.45, 2.75) is 45.1 Å². The minimum Gasteiger partial charge on any atom is -0.321 e. The molecule has 1 fully saturated rings. The van der Waals surface area contributed by atoms with Crippen LogP contribution in [0.25, 0.3) is 0 Å². The van der Waals surface area contributed by atoms with Crippen LogP contribution in [-0.4, -0.2) is 0 Å². The van der Waals surface area contributed by atoms with Crippen molar-refractivity contribution in [3.63, 3.8) is 0 Å². The SMILES string of the molecule is Cc1cc(C)c(C2(N)CCCC2)cc1Cl. The molecule has 0 atom stereocenters. The molecule has 1 aliphatic carbocycles. The maximum Gasteiger partial charge on any atom is 0.0438 e. The summed E-state index contributed by atoms with van der Waals surface area (Å²) >= 11 is 6.17. The predicted octanol–water partition coefficient (Wildman–Crippen LogP) is 3.68. The standard InChI is InChI=1S/C13H18ClN/c1-9-7-10(2)12(14)8-11(9)13(15)5-3-4-6-13/h7-8H,3-6,15H2,1-2H3. The highest BCUT2D eigenvalue weighted by Crippen LogP contribution is 2.39. The van der Waals surface area contributed by atoms with Crippen LogP contribution < -0.4 is 5.73 Å². The second-order valence-electron chi connectivity index (χ2n) is 4.78. The Morgan fingerprint density at radius 2 is 1.73 bits per heavy atom. The molecule has 0 spiro atoms. The zero-order valence-electron chi connectivity index (χ0n) is 9.44. The van der Waals surface area contributed by atoms with Crippen LogP contribution in [-0.2, 0) is 5.54 Å². The summed E-state index contributed by atoms with van der Waals surface area (Å²) in [5.74, 6) is 0. The first-order valence-electron chi connectivity index (χ1n) is 5.59. The first-order chi connectivity index (χ1) is 7.03. The van der Waals surface area contributed by atoms with Crippen molar-refractivity contribution in [2.75, 3.05) is 0 Å². The van der Waals surface area contributed by atoms with Gasteiger partial charge in [-0.25, -0.2) is 0 Å². The molecule has 0 aromatic heterocycles. The Morgan fingerprint density at radius 1 is 1.13 bits per heavy atom. The van der Waals surface area contributed by atoms with E-state index in [1.165, 1.54) is 24.0 Å². The number of rotatable bonds is 1. The van der Waals surface area contributed by atoms with Crippen molar-refractivity contribution in [3.8, 4) is 0 Å². The molecule has 0 radical (unpaired) electrons. The lowest BCUT2D eigenvalue weighted by atomic mass is 9.86. The van der Waals surface area contributed by atoms with E-state index in [1.54, 1.807) is 0 Å². The molecule has 1 saturated carbocycles. The van der Waals surface area contributed by atoms with E-state index in [0.29, 0.717) is 0 Å². The Balaban J connectivity index is 2.48. The van der Waals surface area contributed by atoms with Crippen LogP contribution in [0.4, 0.5) is 0 Å². The second kappa shape index (κ2) is 3.80. The summed E-state index contributed by atoms with van der Waals surface area (Å²) in [6, 6.07) is 4.21. The lowest BCUT2D eigenvalue weighted by molar-refractivity contribution is 0.459. The maximum absolute atomic E-state index is 6.44. The van der Waals surface area contributed by atoms with Crippen LogP contribution in [0, 0.1) is 13.8 Å². The smallest absolute Gasteiger partial charge is 0.0438 e. The molecule has 0 heterocycles. The third kappa shape index (κ3) is 1.91. The molecule has 1 aromatic carbocycles. The van der Waals surface area contributed by atoms with Crippen molar-refractivity contribution in [1.29, 1.82) is 0 Å². The monoisotopic (exact) mass is 223 g/mol. The highest BCUT2D eigenvalue weighted by atomic mass is 35.5. The fraction of sp³-hybridized carbons (Fsp3) is 0.538.